The number of aryl methyl sites for hydroxylation is 1. The summed E-state index contributed by atoms with van der Waals surface area (Å²) in [4.78, 5) is 12.2. The van der Waals surface area contributed by atoms with Crippen molar-refractivity contribution in [1.82, 2.24) is 0 Å². The highest BCUT2D eigenvalue weighted by molar-refractivity contribution is 8.03. The van der Waals surface area contributed by atoms with Gasteiger partial charge in [-0.25, -0.2) is 0 Å². The second-order valence-corrected chi connectivity index (χ2v) is 6.62. The summed E-state index contributed by atoms with van der Waals surface area (Å²) in [7, 11) is 0. The van der Waals surface area contributed by atoms with Gasteiger partial charge in [0.05, 0.1) is 6.07 Å². The number of carbonyl (C=O) groups is 1. The molecule has 130 valence electrons. The van der Waals surface area contributed by atoms with Crippen LogP contribution in [0.5, 0.6) is 0 Å². The Morgan fingerprint density at radius 1 is 1.25 bits per heavy atom. The van der Waals surface area contributed by atoms with E-state index in [2.05, 4.69) is 0 Å². The third-order valence-corrected chi connectivity index (χ3v) is 4.34. The Morgan fingerprint density at radius 2 is 1.96 bits per heavy atom. The molecule has 0 fully saturated rings. The predicted octanol–water partition coefficient (Wildman–Crippen LogP) is 6.18. The van der Waals surface area contributed by atoms with E-state index in [1.54, 1.807) is 18.2 Å². The summed E-state index contributed by atoms with van der Waals surface area (Å²) in [6, 6.07) is 8.83. The van der Waals surface area contributed by atoms with Crippen LogP contribution in [0.25, 0.3) is 0 Å². The molecular weight excluding hydrogens is 335 g/mol. The van der Waals surface area contributed by atoms with Crippen molar-refractivity contribution in [3.63, 3.8) is 0 Å². The molecule has 2 nitrogen and oxygen atoms in total. The topological polar surface area (TPSA) is 40.9 Å². The SMILES string of the molecule is CCCC/C(C#N)=C(/CCC(=O)c1cccc(C)c1)SC(F)(F)F. The quantitative estimate of drug-likeness (QED) is 0.413. The maximum absolute atomic E-state index is 12.8. The molecule has 0 spiro atoms. The summed E-state index contributed by atoms with van der Waals surface area (Å²) < 4.78 is 38.3. The molecule has 0 radical (unpaired) electrons. The van der Waals surface area contributed by atoms with E-state index in [9.17, 15) is 18.0 Å². The Kier molecular flexibility index (Phi) is 8.06. The number of Topliss-reactive ketones (excluding diaryl/α,β-unsaturated/α-hetero) is 1. The number of hydrogen-bond donors (Lipinski definition) is 0. The highest BCUT2D eigenvalue weighted by atomic mass is 32.2. The highest BCUT2D eigenvalue weighted by Crippen LogP contribution is 2.40. The van der Waals surface area contributed by atoms with Crippen LogP contribution in [0.1, 0.15) is 54.9 Å². The van der Waals surface area contributed by atoms with Crippen LogP contribution in [0.2, 0.25) is 0 Å². The summed E-state index contributed by atoms with van der Waals surface area (Å²) in [6.45, 7) is 3.76. The van der Waals surface area contributed by atoms with Crippen LogP contribution in [0, 0.1) is 18.3 Å². The van der Waals surface area contributed by atoms with E-state index in [0.717, 1.165) is 12.0 Å². The Morgan fingerprint density at radius 3 is 2.50 bits per heavy atom. The molecule has 0 heterocycles. The zero-order valence-corrected chi connectivity index (χ0v) is 14.6. The Balaban J connectivity index is 2.90. The van der Waals surface area contributed by atoms with Crippen LogP contribution >= 0.6 is 11.8 Å². The lowest BCUT2D eigenvalue weighted by molar-refractivity contribution is -0.0322. The maximum atomic E-state index is 12.8. The van der Waals surface area contributed by atoms with Gasteiger partial charge in [0.25, 0.3) is 0 Å². The number of rotatable bonds is 8. The van der Waals surface area contributed by atoms with Crippen LogP contribution < -0.4 is 0 Å². The highest BCUT2D eigenvalue weighted by Gasteiger charge is 2.31. The van der Waals surface area contributed by atoms with Crippen molar-refractivity contribution >= 4 is 17.5 Å². The first kappa shape index (κ1) is 20.3. The van der Waals surface area contributed by atoms with Crippen molar-refractivity contribution in [1.29, 1.82) is 5.26 Å². The van der Waals surface area contributed by atoms with Gasteiger partial charge in [-0.05, 0) is 44.0 Å². The van der Waals surface area contributed by atoms with Crippen LogP contribution in [0.4, 0.5) is 13.2 Å². The first-order valence-corrected chi connectivity index (χ1v) is 8.56. The summed E-state index contributed by atoms with van der Waals surface area (Å²) in [5.74, 6) is -0.216. The van der Waals surface area contributed by atoms with Gasteiger partial charge in [0, 0.05) is 22.5 Å². The normalized spacial score (nSPS) is 12.5. The molecule has 24 heavy (non-hydrogen) atoms. The molecule has 0 unspecified atom stereocenters. The lowest BCUT2D eigenvalue weighted by atomic mass is 10.0. The minimum Gasteiger partial charge on any atom is -0.294 e. The first-order valence-electron chi connectivity index (χ1n) is 7.74. The van der Waals surface area contributed by atoms with Crippen molar-refractivity contribution < 1.29 is 18.0 Å². The van der Waals surface area contributed by atoms with Gasteiger partial charge < -0.3 is 0 Å². The van der Waals surface area contributed by atoms with Crippen LogP contribution in [-0.2, 0) is 0 Å². The number of thioether (sulfide) groups is 1. The second kappa shape index (κ2) is 9.53. The molecule has 1 rings (SSSR count). The molecular formula is C18H20F3NOS. The van der Waals surface area contributed by atoms with Crippen LogP contribution in [0.3, 0.4) is 0 Å². The molecule has 0 aliphatic rings. The van der Waals surface area contributed by atoms with E-state index in [1.807, 2.05) is 26.0 Å². The summed E-state index contributed by atoms with van der Waals surface area (Å²) in [5, 5.41) is 9.17. The number of hydrogen-bond acceptors (Lipinski definition) is 3. The minimum absolute atomic E-state index is 0.0422. The Hall–Kier alpha value is -1.74. The van der Waals surface area contributed by atoms with E-state index < -0.39 is 5.51 Å². The number of nitrogens with zero attached hydrogens (tertiary/aromatic N) is 1. The molecule has 0 saturated carbocycles. The first-order chi connectivity index (χ1) is 11.3. The minimum atomic E-state index is -4.46. The largest absolute Gasteiger partial charge is 0.446 e. The fraction of sp³-hybridized carbons (Fsp3) is 0.444. The zero-order chi connectivity index (χ0) is 18.2. The maximum Gasteiger partial charge on any atom is 0.446 e. The van der Waals surface area contributed by atoms with E-state index in [4.69, 9.17) is 5.26 Å². The molecule has 0 N–H and O–H groups in total. The van der Waals surface area contributed by atoms with Crippen molar-refractivity contribution in [3.05, 3.63) is 45.9 Å². The second-order valence-electron chi connectivity index (χ2n) is 5.46. The number of ketones is 1. The van der Waals surface area contributed by atoms with E-state index >= 15 is 0 Å². The zero-order valence-electron chi connectivity index (χ0n) is 13.7. The molecule has 6 heteroatoms. The predicted molar refractivity (Wildman–Crippen MR) is 90.6 cm³/mol. The third kappa shape index (κ3) is 7.22. The standard InChI is InChI=1S/C18H20F3NOS/c1-3-4-7-15(12-22)17(24-18(19,20)21)10-9-16(23)14-8-5-6-13(2)11-14/h5-6,8,11H,3-4,7,9-10H2,1-2H3/b17-15+. The van der Waals surface area contributed by atoms with Crippen molar-refractivity contribution in [2.24, 2.45) is 0 Å². The molecule has 0 bridgehead atoms. The van der Waals surface area contributed by atoms with Crippen molar-refractivity contribution in [2.75, 3.05) is 0 Å². The van der Waals surface area contributed by atoms with Crippen LogP contribution in [-0.4, -0.2) is 11.3 Å². The average Bonchev–Trinajstić information content (AvgIpc) is 2.51. The fourth-order valence-corrected chi connectivity index (χ4v) is 2.96. The van der Waals surface area contributed by atoms with Gasteiger partial charge in [-0.2, -0.15) is 18.4 Å². The van der Waals surface area contributed by atoms with Gasteiger partial charge in [0.15, 0.2) is 5.78 Å². The summed E-state index contributed by atoms with van der Waals surface area (Å²) >= 11 is -0.270. The number of benzene rings is 1. The van der Waals surface area contributed by atoms with Crippen molar-refractivity contribution in [2.45, 2.75) is 51.5 Å². The fourth-order valence-electron chi connectivity index (χ4n) is 2.20. The Labute approximate surface area is 144 Å². The van der Waals surface area contributed by atoms with Crippen LogP contribution in [0.15, 0.2) is 34.7 Å². The van der Waals surface area contributed by atoms with Gasteiger partial charge in [0.1, 0.15) is 0 Å². The monoisotopic (exact) mass is 355 g/mol. The third-order valence-electron chi connectivity index (χ3n) is 3.41. The molecule has 1 aromatic rings. The average molecular weight is 355 g/mol. The van der Waals surface area contributed by atoms with E-state index in [-0.39, 0.29) is 40.9 Å². The van der Waals surface area contributed by atoms with Gasteiger partial charge in [0.2, 0.25) is 0 Å². The van der Waals surface area contributed by atoms with Gasteiger partial charge in [-0.1, -0.05) is 37.1 Å². The number of halogens is 3. The smallest absolute Gasteiger partial charge is 0.294 e. The number of alkyl halides is 3. The van der Waals surface area contributed by atoms with E-state index in [0.29, 0.717) is 18.4 Å². The molecule has 0 atom stereocenters. The summed E-state index contributed by atoms with van der Waals surface area (Å²) in [6.07, 6.45) is 1.64. The molecule has 0 aromatic heterocycles. The lowest BCUT2D eigenvalue weighted by Crippen LogP contribution is -2.05. The Bertz CT molecular complexity index is 644. The van der Waals surface area contributed by atoms with Gasteiger partial charge in [-0.3, -0.25) is 4.79 Å². The number of carbonyl (C=O) groups excluding carboxylic acids is 1. The molecule has 0 saturated heterocycles. The van der Waals surface area contributed by atoms with Gasteiger partial charge >= 0.3 is 5.51 Å². The van der Waals surface area contributed by atoms with E-state index in [1.165, 1.54) is 0 Å². The van der Waals surface area contributed by atoms with Crippen molar-refractivity contribution in [3.8, 4) is 6.07 Å². The van der Waals surface area contributed by atoms with Gasteiger partial charge in [-0.15, -0.1) is 0 Å². The summed E-state index contributed by atoms with van der Waals surface area (Å²) in [5.41, 5.74) is -2.92. The molecule has 0 aliphatic carbocycles. The number of unbranched alkanes of at least 4 members (excludes halogenated alkanes) is 1. The lowest BCUT2D eigenvalue weighted by Gasteiger charge is -2.12. The number of allylic oxidation sites excluding steroid dienone is 2. The molecule has 0 aliphatic heterocycles. The molecule has 0 amide bonds. The number of nitriles is 1. The molecule has 1 aromatic carbocycles.